The van der Waals surface area contributed by atoms with E-state index >= 15 is 0 Å². The summed E-state index contributed by atoms with van der Waals surface area (Å²) in [6.45, 7) is -0.618. The Balaban J connectivity index is 1.68. The van der Waals surface area contributed by atoms with Gasteiger partial charge < -0.3 is 14.8 Å². The summed E-state index contributed by atoms with van der Waals surface area (Å²) in [5.41, 5.74) is -0.0734. The van der Waals surface area contributed by atoms with E-state index in [1.54, 1.807) is 31.4 Å². The molecule has 142 valence electrons. The van der Waals surface area contributed by atoms with Crippen LogP contribution in [0.15, 0.2) is 53.4 Å². The van der Waals surface area contributed by atoms with Gasteiger partial charge in [0.2, 0.25) is 0 Å². The molecule has 0 bridgehead atoms. The zero-order valence-corrected chi connectivity index (χ0v) is 15.2. The first-order chi connectivity index (χ1) is 13.0. The summed E-state index contributed by atoms with van der Waals surface area (Å²) in [4.78, 5) is 35.7. The van der Waals surface area contributed by atoms with Gasteiger partial charge in [-0.25, -0.2) is 9.18 Å². The third-order valence-electron chi connectivity index (χ3n) is 3.16. The number of ether oxygens (including phenoxy) is 2. The van der Waals surface area contributed by atoms with Gasteiger partial charge in [-0.15, -0.1) is 11.8 Å². The molecule has 9 heteroatoms. The number of methoxy groups -OCH3 is 1. The highest BCUT2D eigenvalue weighted by atomic mass is 32.2. The van der Waals surface area contributed by atoms with Gasteiger partial charge >= 0.3 is 12.0 Å². The SMILES string of the molecule is COc1ccc(SCC(=O)OCC(=O)NC(=O)Nc2ccccc2F)cc1. The maximum atomic E-state index is 13.4. The third kappa shape index (κ3) is 6.98. The number of halogens is 1. The van der Waals surface area contributed by atoms with Gasteiger partial charge in [-0.05, 0) is 36.4 Å². The van der Waals surface area contributed by atoms with E-state index in [2.05, 4.69) is 5.32 Å². The molecular formula is C18H17FN2O5S. The molecule has 2 aromatic carbocycles. The van der Waals surface area contributed by atoms with Gasteiger partial charge in [0, 0.05) is 4.90 Å². The maximum absolute atomic E-state index is 13.4. The first-order valence-corrected chi connectivity index (χ1v) is 8.74. The Morgan fingerprint density at radius 3 is 2.44 bits per heavy atom. The van der Waals surface area contributed by atoms with Crippen LogP contribution in [0.25, 0.3) is 0 Å². The summed E-state index contributed by atoms with van der Waals surface area (Å²) in [6, 6.07) is 11.7. The Hall–Kier alpha value is -3.07. The predicted molar refractivity (Wildman–Crippen MR) is 98.2 cm³/mol. The fourth-order valence-electron chi connectivity index (χ4n) is 1.88. The van der Waals surface area contributed by atoms with Gasteiger partial charge in [0.1, 0.15) is 11.6 Å². The summed E-state index contributed by atoms with van der Waals surface area (Å²) in [5.74, 6) is -1.37. The van der Waals surface area contributed by atoms with Crippen LogP contribution in [0.1, 0.15) is 0 Å². The molecule has 0 aliphatic heterocycles. The van der Waals surface area contributed by atoms with E-state index in [1.807, 2.05) is 5.32 Å². The van der Waals surface area contributed by atoms with Crippen molar-refractivity contribution in [1.29, 1.82) is 0 Å². The van der Waals surface area contributed by atoms with Crippen LogP contribution in [-0.2, 0) is 14.3 Å². The van der Waals surface area contributed by atoms with Crippen LogP contribution >= 0.6 is 11.8 Å². The van der Waals surface area contributed by atoms with Crippen molar-refractivity contribution in [2.24, 2.45) is 0 Å². The van der Waals surface area contributed by atoms with Gasteiger partial charge in [-0.3, -0.25) is 14.9 Å². The molecular weight excluding hydrogens is 375 g/mol. The normalized spacial score (nSPS) is 10.0. The number of hydrogen-bond donors (Lipinski definition) is 2. The van der Waals surface area contributed by atoms with E-state index < -0.39 is 30.3 Å². The standard InChI is InChI=1S/C18H17FN2O5S/c1-25-12-6-8-13(9-7-12)27-11-17(23)26-10-16(22)21-18(24)20-15-5-3-2-4-14(15)19/h2-9H,10-11H2,1H3,(H2,20,21,22,24). The number of para-hydroxylation sites is 1. The maximum Gasteiger partial charge on any atom is 0.326 e. The van der Waals surface area contributed by atoms with Crippen LogP contribution in [0, 0.1) is 5.82 Å². The number of nitrogens with one attached hydrogen (secondary N) is 2. The average Bonchev–Trinajstić information content (AvgIpc) is 2.67. The van der Waals surface area contributed by atoms with Crippen LogP contribution in [0.3, 0.4) is 0 Å². The second kappa shape index (κ2) is 10.2. The lowest BCUT2D eigenvalue weighted by molar-refractivity contribution is -0.145. The quantitative estimate of drug-likeness (QED) is 0.556. The molecule has 0 aromatic heterocycles. The smallest absolute Gasteiger partial charge is 0.326 e. The molecule has 0 aliphatic rings. The first kappa shape index (κ1) is 20.2. The zero-order valence-electron chi connectivity index (χ0n) is 14.4. The summed E-state index contributed by atoms with van der Waals surface area (Å²) in [6.07, 6.45) is 0. The fraction of sp³-hybridized carbons (Fsp3) is 0.167. The van der Waals surface area contributed by atoms with Gasteiger partial charge in [0.05, 0.1) is 18.6 Å². The molecule has 0 saturated heterocycles. The topological polar surface area (TPSA) is 93.7 Å². The van der Waals surface area contributed by atoms with Crippen molar-refractivity contribution >= 4 is 35.4 Å². The molecule has 0 radical (unpaired) electrons. The minimum absolute atomic E-state index is 0.00102. The van der Waals surface area contributed by atoms with Crippen LogP contribution < -0.4 is 15.4 Å². The van der Waals surface area contributed by atoms with Gasteiger partial charge in [-0.2, -0.15) is 0 Å². The predicted octanol–water partition coefficient (Wildman–Crippen LogP) is 2.82. The van der Waals surface area contributed by atoms with Crippen molar-refractivity contribution in [3.63, 3.8) is 0 Å². The molecule has 0 fully saturated rings. The number of carbonyl (C=O) groups is 3. The molecule has 7 nitrogen and oxygen atoms in total. The number of anilines is 1. The number of rotatable bonds is 7. The Kier molecular flexibility index (Phi) is 7.63. The molecule has 0 aliphatic carbocycles. The number of thioether (sulfide) groups is 1. The zero-order chi connectivity index (χ0) is 19.6. The molecule has 27 heavy (non-hydrogen) atoms. The van der Waals surface area contributed by atoms with Crippen molar-refractivity contribution in [3.05, 3.63) is 54.3 Å². The number of benzene rings is 2. The first-order valence-electron chi connectivity index (χ1n) is 7.76. The van der Waals surface area contributed by atoms with E-state index in [1.165, 1.54) is 36.0 Å². The molecule has 0 atom stereocenters. The summed E-state index contributed by atoms with van der Waals surface area (Å²) < 4.78 is 23.2. The molecule has 3 amide bonds. The van der Waals surface area contributed by atoms with Crippen LogP contribution in [0.5, 0.6) is 5.75 Å². The highest BCUT2D eigenvalue weighted by molar-refractivity contribution is 8.00. The average molecular weight is 392 g/mol. The molecule has 2 rings (SSSR count). The number of hydrogen-bond acceptors (Lipinski definition) is 6. The highest BCUT2D eigenvalue weighted by Crippen LogP contribution is 2.21. The molecule has 0 unspecified atom stereocenters. The van der Waals surface area contributed by atoms with Crippen molar-refractivity contribution < 1.29 is 28.2 Å². The van der Waals surface area contributed by atoms with Gasteiger partial charge in [0.25, 0.3) is 5.91 Å². The third-order valence-corrected chi connectivity index (χ3v) is 4.14. The lowest BCUT2D eigenvalue weighted by Crippen LogP contribution is -2.37. The highest BCUT2D eigenvalue weighted by Gasteiger charge is 2.12. The molecule has 0 heterocycles. The Labute approximate surface area is 159 Å². The fourth-order valence-corrected chi connectivity index (χ4v) is 2.58. The minimum Gasteiger partial charge on any atom is -0.497 e. The minimum atomic E-state index is -0.922. The number of amides is 3. The van der Waals surface area contributed by atoms with Crippen LogP contribution in [-0.4, -0.2) is 37.4 Å². The summed E-state index contributed by atoms with van der Waals surface area (Å²) in [5, 5.41) is 4.13. The number of esters is 1. The number of imide groups is 1. The van der Waals surface area contributed by atoms with Crippen LogP contribution in [0.2, 0.25) is 0 Å². The molecule has 0 spiro atoms. The van der Waals surface area contributed by atoms with E-state index in [0.717, 1.165) is 4.90 Å². The Bertz CT molecular complexity index is 814. The van der Waals surface area contributed by atoms with Crippen LogP contribution in [0.4, 0.5) is 14.9 Å². The summed E-state index contributed by atoms with van der Waals surface area (Å²) >= 11 is 1.23. The lowest BCUT2D eigenvalue weighted by Gasteiger charge is -2.08. The van der Waals surface area contributed by atoms with Gasteiger partial charge in [0.15, 0.2) is 6.61 Å². The Morgan fingerprint density at radius 1 is 1.07 bits per heavy atom. The summed E-state index contributed by atoms with van der Waals surface area (Å²) in [7, 11) is 1.56. The second-order valence-electron chi connectivity index (χ2n) is 5.11. The Morgan fingerprint density at radius 2 is 1.78 bits per heavy atom. The largest absolute Gasteiger partial charge is 0.497 e. The molecule has 2 N–H and O–H groups in total. The van der Waals surface area contributed by atoms with Crippen molar-refractivity contribution in [2.75, 3.05) is 24.8 Å². The molecule has 0 saturated carbocycles. The van der Waals surface area contributed by atoms with E-state index in [9.17, 15) is 18.8 Å². The monoisotopic (exact) mass is 392 g/mol. The van der Waals surface area contributed by atoms with Crippen molar-refractivity contribution in [2.45, 2.75) is 4.90 Å². The van der Waals surface area contributed by atoms with Crippen molar-refractivity contribution in [1.82, 2.24) is 5.32 Å². The van der Waals surface area contributed by atoms with Crippen molar-refractivity contribution in [3.8, 4) is 5.75 Å². The second-order valence-corrected chi connectivity index (χ2v) is 6.16. The van der Waals surface area contributed by atoms with E-state index in [4.69, 9.17) is 9.47 Å². The van der Waals surface area contributed by atoms with E-state index in [-0.39, 0.29) is 11.4 Å². The van der Waals surface area contributed by atoms with Gasteiger partial charge in [-0.1, -0.05) is 12.1 Å². The number of urea groups is 1. The number of carbonyl (C=O) groups excluding carboxylic acids is 3. The molecule has 2 aromatic rings. The lowest BCUT2D eigenvalue weighted by atomic mass is 10.3. The van der Waals surface area contributed by atoms with E-state index in [0.29, 0.717) is 5.75 Å².